The third kappa shape index (κ3) is 12.1. The minimum atomic E-state index is -0.287. The van der Waals surface area contributed by atoms with E-state index in [1.165, 1.54) is 36.5 Å². The number of carbonyl (C=O) groups is 1. The first-order chi connectivity index (χ1) is 21.9. The van der Waals surface area contributed by atoms with Crippen LogP contribution in [0.1, 0.15) is 37.3 Å². The Morgan fingerprint density at radius 3 is 1.40 bits per heavy atom. The van der Waals surface area contributed by atoms with Crippen LogP contribution in [0.5, 0.6) is 0 Å². The average molecular weight is 753 g/mol. The zero-order valence-corrected chi connectivity index (χ0v) is 31.0. The van der Waals surface area contributed by atoms with Crippen molar-refractivity contribution in [3.63, 3.8) is 0 Å². The second-order valence-corrected chi connectivity index (χ2v) is 19.5. The van der Waals surface area contributed by atoms with Crippen molar-refractivity contribution in [2.75, 3.05) is 23.0 Å². The van der Waals surface area contributed by atoms with Gasteiger partial charge in [0.05, 0.1) is 25.4 Å². The van der Waals surface area contributed by atoms with Crippen molar-refractivity contribution in [1.82, 2.24) is 0 Å². The molecule has 7 nitrogen and oxygen atoms in total. The van der Waals surface area contributed by atoms with Crippen molar-refractivity contribution in [1.29, 1.82) is 5.41 Å². The number of benzene rings is 2. The monoisotopic (exact) mass is 752 g/mol. The Morgan fingerprint density at radius 1 is 0.667 bits per heavy atom. The molecule has 0 fully saturated rings. The molecule has 15 heteroatoms. The summed E-state index contributed by atoms with van der Waals surface area (Å²) in [5.41, 5.74) is 9.41. The van der Waals surface area contributed by atoms with Gasteiger partial charge in [0.15, 0.2) is 0 Å². The number of hydrogen-bond donors (Lipinski definition) is 2. The molecule has 45 heavy (non-hydrogen) atoms. The molecule has 2 heterocycles. The Hall–Kier alpha value is -1.20. The zero-order valence-electron chi connectivity index (χ0n) is 24.4. The minimum absolute atomic E-state index is 0.287. The number of nitrogens with one attached hydrogen (secondary N) is 1. The van der Waals surface area contributed by atoms with E-state index in [0.29, 0.717) is 23.5 Å². The van der Waals surface area contributed by atoms with Crippen molar-refractivity contribution in [3.05, 3.63) is 94.9 Å². The molecule has 0 atom stereocenters. The molecule has 1 amide bonds. The first-order valence-electron chi connectivity index (χ1n) is 14.0. The third-order valence-corrected chi connectivity index (χ3v) is 17.8. The average Bonchev–Trinajstić information content (AvgIpc) is 3.65. The molecule has 238 valence electrons. The van der Waals surface area contributed by atoms with Crippen LogP contribution in [-0.4, -0.2) is 34.6 Å². The van der Waals surface area contributed by atoms with Crippen LogP contribution in [0.3, 0.4) is 0 Å². The molecule has 0 spiro atoms. The summed E-state index contributed by atoms with van der Waals surface area (Å²) >= 11 is 14.5. The number of carbonyl (C=O) groups excluding carboxylic acids is 1. The molecule has 2 aromatic rings. The fourth-order valence-corrected chi connectivity index (χ4v) is 15.9. The molecule has 0 saturated heterocycles. The van der Waals surface area contributed by atoms with Crippen molar-refractivity contribution in [2.45, 2.75) is 39.0 Å². The number of nitroso groups, excluding NO2 is 2. The Morgan fingerprint density at radius 2 is 1.04 bits per heavy atom. The number of amides is 1. The SMILES string of the molecule is CCC(=N)CCSC1=C(SCCC(N)=O)SC(=C2SC(SCCc3ccc(N=O)cc3)=C(SCCc3ccc(N=O)cc3)S2)S1. The van der Waals surface area contributed by atoms with Gasteiger partial charge in [-0.3, -0.25) is 4.79 Å². The first-order valence-corrected chi connectivity index (χ1v) is 21.2. The van der Waals surface area contributed by atoms with Crippen molar-refractivity contribution in [3.8, 4) is 0 Å². The van der Waals surface area contributed by atoms with Crippen LogP contribution in [0, 0.1) is 15.2 Å². The van der Waals surface area contributed by atoms with Gasteiger partial charge in [0.1, 0.15) is 11.4 Å². The third-order valence-electron chi connectivity index (χ3n) is 6.22. The van der Waals surface area contributed by atoms with Crippen LogP contribution >= 0.6 is 94.1 Å². The van der Waals surface area contributed by atoms with E-state index in [1.54, 1.807) is 59.6 Å². The molecule has 2 aliphatic rings. The predicted octanol–water partition coefficient (Wildman–Crippen LogP) is 11.2. The summed E-state index contributed by atoms with van der Waals surface area (Å²) in [6, 6.07) is 14.9. The summed E-state index contributed by atoms with van der Waals surface area (Å²) in [4.78, 5) is 32.9. The van der Waals surface area contributed by atoms with Gasteiger partial charge in [0, 0.05) is 35.1 Å². The van der Waals surface area contributed by atoms with Gasteiger partial charge in [-0.15, -0.1) is 56.9 Å². The Labute approximate surface area is 298 Å². The van der Waals surface area contributed by atoms with Gasteiger partial charge in [-0.2, -0.15) is 0 Å². The number of primary amides is 1. The largest absolute Gasteiger partial charge is 0.370 e. The van der Waals surface area contributed by atoms with Gasteiger partial charge in [-0.1, -0.05) is 78.2 Å². The van der Waals surface area contributed by atoms with Gasteiger partial charge in [0.2, 0.25) is 5.91 Å². The fraction of sp³-hybridized carbons (Fsp3) is 0.333. The Kier molecular flexibility index (Phi) is 15.9. The van der Waals surface area contributed by atoms with Crippen molar-refractivity contribution < 1.29 is 4.79 Å². The van der Waals surface area contributed by atoms with Crippen molar-refractivity contribution in [2.24, 2.45) is 16.1 Å². The van der Waals surface area contributed by atoms with E-state index in [0.717, 1.165) is 48.7 Å². The van der Waals surface area contributed by atoms with Crippen LogP contribution in [-0.2, 0) is 17.6 Å². The summed E-state index contributed by atoms with van der Waals surface area (Å²) in [6.45, 7) is 2.02. The Bertz CT molecular complexity index is 1410. The lowest BCUT2D eigenvalue weighted by molar-refractivity contribution is -0.117. The van der Waals surface area contributed by atoms with Gasteiger partial charge in [0.25, 0.3) is 0 Å². The lowest BCUT2D eigenvalue weighted by Gasteiger charge is -2.06. The van der Waals surface area contributed by atoms with Gasteiger partial charge in [-0.25, -0.2) is 0 Å². The molecule has 0 aliphatic carbocycles. The van der Waals surface area contributed by atoms with E-state index in [4.69, 9.17) is 11.1 Å². The maximum absolute atomic E-state index is 11.4. The number of nitrogens with two attached hydrogens (primary N) is 1. The summed E-state index contributed by atoms with van der Waals surface area (Å²) in [5.74, 6) is 3.07. The molecule has 0 aromatic heterocycles. The first kappa shape index (κ1) is 36.6. The normalized spacial score (nSPS) is 14.9. The van der Waals surface area contributed by atoms with E-state index < -0.39 is 0 Å². The zero-order chi connectivity index (χ0) is 32.0. The number of aryl methyl sites for hydroxylation is 2. The van der Waals surface area contributed by atoms with E-state index in [-0.39, 0.29) is 5.91 Å². The summed E-state index contributed by atoms with van der Waals surface area (Å²) < 4.78 is 7.63. The molecular weight excluding hydrogens is 721 g/mol. The minimum Gasteiger partial charge on any atom is -0.370 e. The van der Waals surface area contributed by atoms with Gasteiger partial charge >= 0.3 is 0 Å². The smallest absolute Gasteiger partial charge is 0.218 e. The molecule has 2 aliphatic heterocycles. The molecule has 0 unspecified atom stereocenters. The van der Waals surface area contributed by atoms with E-state index in [9.17, 15) is 14.6 Å². The van der Waals surface area contributed by atoms with E-state index >= 15 is 0 Å². The second-order valence-electron chi connectivity index (χ2n) is 9.47. The highest BCUT2D eigenvalue weighted by atomic mass is 32.3. The molecule has 0 radical (unpaired) electrons. The van der Waals surface area contributed by atoms with Crippen LogP contribution in [0.2, 0.25) is 0 Å². The maximum Gasteiger partial charge on any atom is 0.218 e. The molecular formula is C30H32N4O3S8. The van der Waals surface area contributed by atoms with Crippen LogP contribution in [0.15, 0.2) is 84.3 Å². The van der Waals surface area contributed by atoms with E-state index in [1.807, 2.05) is 90.0 Å². The Balaban J connectivity index is 1.44. The quantitative estimate of drug-likeness (QED) is 0.105. The lowest BCUT2D eigenvalue weighted by Crippen LogP contribution is -2.10. The summed E-state index contributed by atoms with van der Waals surface area (Å²) in [6.07, 6.45) is 3.67. The van der Waals surface area contributed by atoms with Crippen LogP contribution in [0.25, 0.3) is 0 Å². The number of nitrogens with zero attached hydrogens (tertiary/aromatic N) is 2. The maximum atomic E-state index is 11.4. The van der Waals surface area contributed by atoms with Crippen LogP contribution < -0.4 is 5.73 Å². The van der Waals surface area contributed by atoms with Gasteiger partial charge < -0.3 is 11.1 Å². The molecule has 2 aromatic carbocycles. The highest BCUT2D eigenvalue weighted by Crippen LogP contribution is 2.66. The van der Waals surface area contributed by atoms with Crippen molar-refractivity contribution >= 4 is 117 Å². The standard InChI is InChI=1S/C30H32N4O3S8/c1-2-21(31)13-17-40-27-28(41-18-14-24(32)35)45-30(44-27)29-42-25(38-15-11-19-3-7-22(33-36)8-4-19)26(43-29)39-16-12-20-5-9-23(34-37)10-6-20/h3-10,31H,2,11-18H2,1H3,(H2,32,35). The highest BCUT2D eigenvalue weighted by molar-refractivity contribution is 8.45. The number of rotatable bonds is 19. The predicted molar refractivity (Wildman–Crippen MR) is 209 cm³/mol. The summed E-state index contributed by atoms with van der Waals surface area (Å²) in [5, 5.41) is 14.0. The lowest BCUT2D eigenvalue weighted by atomic mass is 10.2. The molecule has 0 saturated carbocycles. The fourth-order valence-electron chi connectivity index (χ4n) is 3.72. The molecule has 0 bridgehead atoms. The highest BCUT2D eigenvalue weighted by Gasteiger charge is 2.31. The molecule has 4 rings (SSSR count). The topological polar surface area (TPSA) is 126 Å². The number of thioether (sulfide) groups is 8. The van der Waals surface area contributed by atoms with Gasteiger partial charge in [-0.05, 0) is 71.4 Å². The molecule has 3 N–H and O–H groups in total. The van der Waals surface area contributed by atoms with Crippen LogP contribution in [0.4, 0.5) is 11.4 Å². The van der Waals surface area contributed by atoms with E-state index in [2.05, 4.69) is 10.4 Å². The number of hydrogen-bond acceptors (Lipinski definition) is 14. The second kappa shape index (κ2) is 19.6. The summed E-state index contributed by atoms with van der Waals surface area (Å²) in [7, 11) is 0.